The topological polar surface area (TPSA) is 42.7 Å². The Morgan fingerprint density at radius 3 is 2.58 bits per heavy atom. The van der Waals surface area contributed by atoms with Gasteiger partial charge in [-0.2, -0.15) is 13.2 Å². The summed E-state index contributed by atoms with van der Waals surface area (Å²) in [6.07, 6.45) is -2.81. The highest BCUT2D eigenvalue weighted by Crippen LogP contribution is 2.39. The Morgan fingerprint density at radius 2 is 1.96 bits per heavy atom. The van der Waals surface area contributed by atoms with Crippen LogP contribution in [0.1, 0.15) is 42.0 Å². The summed E-state index contributed by atoms with van der Waals surface area (Å²) in [6, 6.07) is 0.392. The highest BCUT2D eigenvalue weighted by atomic mass is 19.4. The van der Waals surface area contributed by atoms with Crippen molar-refractivity contribution in [1.82, 2.24) is 20.1 Å². The molecule has 2 aromatic rings. The van der Waals surface area contributed by atoms with E-state index in [0.29, 0.717) is 11.7 Å². The highest BCUT2D eigenvalue weighted by Gasteiger charge is 2.42. The SMILES string of the molecule is Cn1c(CN[C@H](c2cccc(F)c2F)C(F)(F)F)nnc1C1CC1. The molecule has 0 bridgehead atoms. The molecule has 0 unspecified atom stereocenters. The molecule has 0 saturated heterocycles. The van der Waals surface area contributed by atoms with E-state index in [1.807, 2.05) is 0 Å². The van der Waals surface area contributed by atoms with Crippen LogP contribution in [0, 0.1) is 11.6 Å². The summed E-state index contributed by atoms with van der Waals surface area (Å²) >= 11 is 0. The first-order valence-corrected chi connectivity index (χ1v) is 7.41. The number of nitrogens with zero attached hydrogens (tertiary/aromatic N) is 3. The molecule has 1 atom stereocenters. The number of aromatic nitrogens is 3. The Bertz CT molecular complexity index is 736. The summed E-state index contributed by atoms with van der Waals surface area (Å²) < 4.78 is 68.5. The highest BCUT2D eigenvalue weighted by molar-refractivity contribution is 5.24. The van der Waals surface area contributed by atoms with Gasteiger partial charge in [0.15, 0.2) is 11.6 Å². The number of hydrogen-bond acceptors (Lipinski definition) is 3. The van der Waals surface area contributed by atoms with Gasteiger partial charge in [-0.1, -0.05) is 12.1 Å². The van der Waals surface area contributed by atoms with Gasteiger partial charge >= 0.3 is 6.18 Å². The predicted molar refractivity (Wildman–Crippen MR) is 75.0 cm³/mol. The zero-order chi connectivity index (χ0) is 17.5. The molecule has 0 amide bonds. The molecule has 3 rings (SSSR count). The van der Waals surface area contributed by atoms with Crippen molar-refractivity contribution in [1.29, 1.82) is 0 Å². The van der Waals surface area contributed by atoms with Crippen LogP contribution >= 0.6 is 0 Å². The van der Waals surface area contributed by atoms with Crippen molar-refractivity contribution in [2.24, 2.45) is 7.05 Å². The van der Waals surface area contributed by atoms with Gasteiger partial charge in [0.2, 0.25) is 0 Å². The normalized spacial score (nSPS) is 16.4. The molecule has 1 saturated carbocycles. The molecule has 1 fully saturated rings. The molecule has 0 spiro atoms. The van der Waals surface area contributed by atoms with Crippen molar-refractivity contribution >= 4 is 0 Å². The molecule has 1 aliphatic rings. The zero-order valence-corrected chi connectivity index (χ0v) is 12.7. The first-order valence-electron chi connectivity index (χ1n) is 7.41. The minimum absolute atomic E-state index is 0.268. The van der Waals surface area contributed by atoms with Crippen LogP contribution in [0.2, 0.25) is 0 Å². The maximum Gasteiger partial charge on any atom is 0.408 e. The van der Waals surface area contributed by atoms with Crippen molar-refractivity contribution in [2.45, 2.75) is 37.5 Å². The number of halogens is 5. The number of hydrogen-bond donors (Lipinski definition) is 1. The number of benzene rings is 1. The van der Waals surface area contributed by atoms with E-state index in [1.54, 1.807) is 11.6 Å². The maximum absolute atomic E-state index is 13.8. The minimum atomic E-state index is -4.79. The average Bonchev–Trinajstić information content (AvgIpc) is 3.27. The third-order valence-electron chi connectivity index (χ3n) is 4.03. The van der Waals surface area contributed by atoms with Crippen molar-refractivity contribution in [3.8, 4) is 0 Å². The lowest BCUT2D eigenvalue weighted by Crippen LogP contribution is -2.35. The van der Waals surface area contributed by atoms with Gasteiger partial charge in [-0.15, -0.1) is 10.2 Å². The number of nitrogens with one attached hydrogen (secondary N) is 1. The largest absolute Gasteiger partial charge is 0.408 e. The maximum atomic E-state index is 13.8. The second kappa shape index (κ2) is 6.12. The summed E-state index contributed by atoms with van der Waals surface area (Å²) in [5, 5.41) is 10.1. The summed E-state index contributed by atoms with van der Waals surface area (Å²) in [6.45, 7) is -0.268. The van der Waals surface area contributed by atoms with E-state index in [-0.39, 0.29) is 6.54 Å². The number of rotatable bonds is 5. The number of alkyl halides is 3. The Hall–Kier alpha value is -2.03. The standard InChI is InChI=1S/C15H15F5N4/c1-24-11(22-23-14(24)8-5-6-8)7-21-13(15(18,19)20)9-3-2-4-10(16)12(9)17/h2-4,8,13,21H,5-7H2,1H3/t13-/m1/s1. The van der Waals surface area contributed by atoms with E-state index in [9.17, 15) is 22.0 Å². The van der Waals surface area contributed by atoms with Crippen LogP contribution in [0.5, 0.6) is 0 Å². The van der Waals surface area contributed by atoms with Crippen LogP contribution in [0.25, 0.3) is 0 Å². The minimum Gasteiger partial charge on any atom is -0.317 e. The van der Waals surface area contributed by atoms with E-state index < -0.39 is 29.4 Å². The molecule has 4 nitrogen and oxygen atoms in total. The van der Waals surface area contributed by atoms with E-state index >= 15 is 0 Å². The molecule has 1 heterocycles. The molecule has 1 aromatic heterocycles. The molecule has 1 N–H and O–H groups in total. The van der Waals surface area contributed by atoms with E-state index in [1.165, 1.54) is 0 Å². The molecule has 0 radical (unpaired) electrons. The van der Waals surface area contributed by atoms with E-state index in [0.717, 1.165) is 36.9 Å². The first-order chi connectivity index (χ1) is 11.3. The van der Waals surface area contributed by atoms with Gasteiger partial charge in [0, 0.05) is 18.5 Å². The fraction of sp³-hybridized carbons (Fsp3) is 0.467. The van der Waals surface area contributed by atoms with Gasteiger partial charge in [0.25, 0.3) is 0 Å². The molecule has 9 heteroatoms. The van der Waals surface area contributed by atoms with Crippen molar-refractivity contribution < 1.29 is 22.0 Å². The van der Waals surface area contributed by atoms with Gasteiger partial charge in [0.05, 0.1) is 6.54 Å². The Balaban J connectivity index is 1.82. The van der Waals surface area contributed by atoms with Crippen molar-refractivity contribution in [3.05, 3.63) is 47.0 Å². The van der Waals surface area contributed by atoms with Gasteiger partial charge in [-0.05, 0) is 18.9 Å². The lowest BCUT2D eigenvalue weighted by Gasteiger charge is -2.22. The summed E-state index contributed by atoms with van der Waals surface area (Å²) in [5.74, 6) is -1.49. The Morgan fingerprint density at radius 1 is 1.25 bits per heavy atom. The molecular formula is C15H15F5N4. The molecule has 0 aliphatic heterocycles. The molecular weight excluding hydrogens is 331 g/mol. The molecule has 1 aromatic carbocycles. The smallest absolute Gasteiger partial charge is 0.317 e. The molecule has 130 valence electrons. The summed E-state index contributed by atoms with van der Waals surface area (Å²) in [5.41, 5.74) is -0.785. The van der Waals surface area contributed by atoms with Gasteiger partial charge in [0.1, 0.15) is 17.7 Å². The van der Waals surface area contributed by atoms with E-state index in [4.69, 9.17) is 0 Å². The van der Waals surface area contributed by atoms with Crippen LogP contribution in [-0.4, -0.2) is 20.9 Å². The fourth-order valence-corrected chi connectivity index (χ4v) is 2.57. The van der Waals surface area contributed by atoms with Gasteiger partial charge in [-0.3, -0.25) is 5.32 Å². The Labute approximate surface area is 134 Å². The van der Waals surface area contributed by atoms with Crippen LogP contribution in [0.15, 0.2) is 18.2 Å². The summed E-state index contributed by atoms with van der Waals surface area (Å²) in [7, 11) is 1.68. The lowest BCUT2D eigenvalue weighted by atomic mass is 10.1. The molecule has 24 heavy (non-hydrogen) atoms. The van der Waals surface area contributed by atoms with Crippen molar-refractivity contribution in [2.75, 3.05) is 0 Å². The lowest BCUT2D eigenvalue weighted by molar-refractivity contribution is -0.159. The zero-order valence-electron chi connectivity index (χ0n) is 12.7. The third-order valence-corrected chi connectivity index (χ3v) is 4.03. The molecule has 1 aliphatic carbocycles. The van der Waals surface area contributed by atoms with Gasteiger partial charge < -0.3 is 4.57 Å². The second-order valence-corrected chi connectivity index (χ2v) is 5.81. The third kappa shape index (κ3) is 3.26. The van der Waals surface area contributed by atoms with Crippen molar-refractivity contribution in [3.63, 3.8) is 0 Å². The van der Waals surface area contributed by atoms with Crippen LogP contribution in [0.3, 0.4) is 0 Å². The first kappa shape index (κ1) is 16.8. The Kier molecular flexibility index (Phi) is 4.29. The summed E-state index contributed by atoms with van der Waals surface area (Å²) in [4.78, 5) is 0. The van der Waals surface area contributed by atoms with Crippen LogP contribution in [0.4, 0.5) is 22.0 Å². The van der Waals surface area contributed by atoms with Gasteiger partial charge in [-0.25, -0.2) is 8.78 Å². The monoisotopic (exact) mass is 346 g/mol. The quantitative estimate of drug-likeness (QED) is 0.844. The van der Waals surface area contributed by atoms with E-state index in [2.05, 4.69) is 15.5 Å². The average molecular weight is 346 g/mol. The predicted octanol–water partition coefficient (Wildman–Crippen LogP) is 3.36. The fourth-order valence-electron chi connectivity index (χ4n) is 2.57. The van der Waals surface area contributed by atoms with Crippen LogP contribution in [-0.2, 0) is 13.6 Å². The van der Waals surface area contributed by atoms with Crippen LogP contribution < -0.4 is 5.32 Å². The second-order valence-electron chi connectivity index (χ2n) is 5.81.